The molecule has 1 unspecified atom stereocenters. The van der Waals surface area contributed by atoms with Crippen molar-refractivity contribution in [3.8, 4) is 22.9 Å². The third-order valence-electron chi connectivity index (χ3n) is 11.8. The summed E-state index contributed by atoms with van der Waals surface area (Å²) in [6.45, 7) is 6.43. The number of amides is 1. The van der Waals surface area contributed by atoms with Gasteiger partial charge in [0.2, 0.25) is 5.91 Å². The molecule has 3 aromatic carbocycles. The van der Waals surface area contributed by atoms with Crippen molar-refractivity contribution in [2.24, 2.45) is 5.92 Å². The number of piperazine rings is 1. The van der Waals surface area contributed by atoms with E-state index in [-0.39, 0.29) is 23.4 Å². The molecule has 3 atom stereocenters. The van der Waals surface area contributed by atoms with E-state index in [0.29, 0.717) is 30.9 Å². The number of benzene rings is 3. The lowest BCUT2D eigenvalue weighted by atomic mass is 9.95. The van der Waals surface area contributed by atoms with E-state index >= 15 is 0 Å². The van der Waals surface area contributed by atoms with Gasteiger partial charge < -0.3 is 25.0 Å². The third kappa shape index (κ3) is 5.19. The zero-order valence-corrected chi connectivity index (χ0v) is 27.0. The van der Waals surface area contributed by atoms with Crippen LogP contribution in [-0.4, -0.2) is 94.3 Å². The highest BCUT2D eigenvalue weighted by Crippen LogP contribution is 2.41. The maximum absolute atomic E-state index is 13.5. The molecule has 6 heterocycles. The van der Waals surface area contributed by atoms with Crippen molar-refractivity contribution in [1.82, 2.24) is 25.1 Å². The van der Waals surface area contributed by atoms with Gasteiger partial charge in [-0.3, -0.25) is 9.69 Å². The number of nitrogens with zero attached hydrogens (tertiary/aromatic N) is 5. The van der Waals surface area contributed by atoms with Crippen LogP contribution in [0, 0.1) is 5.92 Å². The highest BCUT2D eigenvalue weighted by molar-refractivity contribution is 6.01. The Morgan fingerprint density at radius 2 is 1.77 bits per heavy atom. The van der Waals surface area contributed by atoms with Gasteiger partial charge in [0.1, 0.15) is 18.2 Å². The number of hydrogen-bond donors (Lipinski definition) is 2. The minimum atomic E-state index is 0.0980. The number of fused-ring (bicyclic) bond motifs is 5. The number of ether oxygens (including phenoxy) is 1. The van der Waals surface area contributed by atoms with Crippen LogP contribution in [0.4, 0.5) is 5.82 Å². The van der Waals surface area contributed by atoms with Crippen LogP contribution in [0.15, 0.2) is 54.6 Å². The Balaban J connectivity index is 1.07. The molecule has 9 nitrogen and oxygen atoms in total. The molecule has 244 valence electrons. The topological polar surface area (TPSA) is 94.1 Å². The number of aromatic hydroxyl groups is 1. The molecule has 0 saturated carbocycles. The number of aromatic nitrogens is 2. The first-order valence-electron chi connectivity index (χ1n) is 17.7. The number of carbonyl (C=O) groups is 1. The number of phenolic OH excluding ortho intramolecular Hbond substituents is 1. The molecule has 2 N–H and O–H groups in total. The van der Waals surface area contributed by atoms with E-state index in [0.717, 1.165) is 97.2 Å². The van der Waals surface area contributed by atoms with Crippen LogP contribution in [0.25, 0.3) is 32.8 Å². The SMILES string of the molecule is O=C(CC1CCNC1)N1[C@@H]2CC[C@H]1CN(c1nc(OCC34CCCN3CCC4)nc3cc(-c4cc(O)cc5ccccc45)ccc13)C2. The standard InChI is InChI=1S/C38H44N6O3/c45-30-18-26-5-1-2-6-31(26)33(20-30)27-7-10-32-34(19-27)40-37(47-24-38-12-3-15-43(38)16-4-13-38)41-36(32)42-22-28-8-9-29(23-42)44(28)35(46)17-25-11-14-39-21-25/h1-2,5-7,10,18-20,25,28-29,39,45H,3-4,8-9,11-17,21-24H2/t25?,28-,29+. The highest BCUT2D eigenvalue weighted by Gasteiger charge is 2.46. The Morgan fingerprint density at radius 3 is 2.55 bits per heavy atom. The minimum absolute atomic E-state index is 0.0980. The normalized spacial score (nSPS) is 25.2. The molecule has 1 amide bonds. The second-order valence-corrected chi connectivity index (χ2v) is 14.6. The zero-order valence-electron chi connectivity index (χ0n) is 27.0. The first-order valence-corrected chi connectivity index (χ1v) is 17.7. The van der Waals surface area contributed by atoms with E-state index in [1.807, 2.05) is 30.3 Å². The van der Waals surface area contributed by atoms with Gasteiger partial charge in [-0.15, -0.1) is 0 Å². The van der Waals surface area contributed by atoms with Crippen molar-refractivity contribution in [2.75, 3.05) is 50.8 Å². The summed E-state index contributed by atoms with van der Waals surface area (Å²) in [7, 11) is 0. The summed E-state index contributed by atoms with van der Waals surface area (Å²) in [4.78, 5) is 30.9. The van der Waals surface area contributed by atoms with Crippen LogP contribution in [0.2, 0.25) is 0 Å². The summed E-state index contributed by atoms with van der Waals surface area (Å²) >= 11 is 0. The molecule has 0 aliphatic carbocycles. The fraction of sp³-hybridized carbons (Fsp3) is 0.500. The van der Waals surface area contributed by atoms with Crippen LogP contribution >= 0.6 is 0 Å². The van der Waals surface area contributed by atoms with Crippen molar-refractivity contribution in [3.63, 3.8) is 0 Å². The third-order valence-corrected chi connectivity index (χ3v) is 11.8. The molecular weight excluding hydrogens is 588 g/mol. The molecule has 9 rings (SSSR count). The van der Waals surface area contributed by atoms with Crippen molar-refractivity contribution >= 4 is 33.4 Å². The van der Waals surface area contributed by atoms with E-state index in [2.05, 4.69) is 44.3 Å². The van der Waals surface area contributed by atoms with Crippen molar-refractivity contribution in [1.29, 1.82) is 0 Å². The molecule has 9 heteroatoms. The quantitative estimate of drug-likeness (QED) is 0.282. The van der Waals surface area contributed by atoms with Crippen LogP contribution in [0.3, 0.4) is 0 Å². The molecule has 1 aromatic heterocycles. The summed E-state index contributed by atoms with van der Waals surface area (Å²) < 4.78 is 6.57. The predicted octanol–water partition coefficient (Wildman–Crippen LogP) is 5.34. The van der Waals surface area contributed by atoms with Gasteiger partial charge in [-0.1, -0.05) is 30.3 Å². The summed E-state index contributed by atoms with van der Waals surface area (Å²) in [5.41, 5.74) is 2.90. The Kier molecular flexibility index (Phi) is 7.23. The van der Waals surface area contributed by atoms with Crippen molar-refractivity contribution in [2.45, 2.75) is 69.0 Å². The molecule has 5 aliphatic rings. The first kappa shape index (κ1) is 29.2. The molecule has 2 bridgehead atoms. The van der Waals surface area contributed by atoms with Crippen LogP contribution in [-0.2, 0) is 4.79 Å². The van der Waals surface area contributed by atoms with Gasteiger partial charge in [0.15, 0.2) is 0 Å². The number of phenols is 1. The Bertz CT molecular complexity index is 1820. The molecule has 47 heavy (non-hydrogen) atoms. The van der Waals surface area contributed by atoms with Crippen LogP contribution in [0.5, 0.6) is 11.8 Å². The molecule has 4 aromatic rings. The second kappa shape index (κ2) is 11.6. The average molecular weight is 633 g/mol. The summed E-state index contributed by atoms with van der Waals surface area (Å²) in [5, 5.41) is 17.1. The van der Waals surface area contributed by atoms with Crippen LogP contribution in [0.1, 0.15) is 51.4 Å². The zero-order chi connectivity index (χ0) is 31.5. The molecule has 0 spiro atoms. The van der Waals surface area contributed by atoms with Crippen molar-refractivity contribution < 1.29 is 14.6 Å². The number of anilines is 1. The minimum Gasteiger partial charge on any atom is -0.508 e. The van der Waals surface area contributed by atoms with Crippen molar-refractivity contribution in [3.05, 3.63) is 54.6 Å². The summed E-state index contributed by atoms with van der Waals surface area (Å²) in [6.07, 6.45) is 8.59. The Hall–Kier alpha value is -3.95. The fourth-order valence-corrected chi connectivity index (χ4v) is 9.48. The smallest absolute Gasteiger partial charge is 0.319 e. The summed E-state index contributed by atoms with van der Waals surface area (Å²) in [6, 6.07) is 19.0. The number of rotatable bonds is 7. The van der Waals surface area contributed by atoms with E-state index in [1.165, 1.54) is 25.7 Å². The van der Waals surface area contributed by atoms with Gasteiger partial charge in [0.05, 0.1) is 11.1 Å². The maximum Gasteiger partial charge on any atom is 0.319 e. The largest absolute Gasteiger partial charge is 0.508 e. The molecule has 5 fully saturated rings. The maximum atomic E-state index is 13.5. The van der Waals surface area contributed by atoms with E-state index < -0.39 is 0 Å². The van der Waals surface area contributed by atoms with E-state index in [1.54, 1.807) is 0 Å². The monoisotopic (exact) mass is 632 g/mol. The van der Waals surface area contributed by atoms with Gasteiger partial charge in [-0.05, 0) is 123 Å². The van der Waals surface area contributed by atoms with Gasteiger partial charge in [0, 0.05) is 37.0 Å². The lowest BCUT2D eigenvalue weighted by Gasteiger charge is -2.42. The van der Waals surface area contributed by atoms with Gasteiger partial charge in [-0.2, -0.15) is 9.97 Å². The molecule has 0 radical (unpaired) electrons. The van der Waals surface area contributed by atoms with E-state index in [4.69, 9.17) is 14.7 Å². The summed E-state index contributed by atoms with van der Waals surface area (Å²) in [5.74, 6) is 1.92. The second-order valence-electron chi connectivity index (χ2n) is 14.6. The number of nitrogens with one attached hydrogen (secondary N) is 1. The first-order chi connectivity index (χ1) is 23.0. The average Bonchev–Trinajstić information content (AvgIpc) is 3.87. The lowest BCUT2D eigenvalue weighted by molar-refractivity contribution is -0.135. The molecule has 5 saturated heterocycles. The predicted molar refractivity (Wildman–Crippen MR) is 184 cm³/mol. The number of hydrogen-bond acceptors (Lipinski definition) is 8. The number of carbonyl (C=O) groups excluding carboxylic acids is 1. The van der Waals surface area contributed by atoms with E-state index in [9.17, 15) is 9.90 Å². The lowest BCUT2D eigenvalue weighted by Crippen LogP contribution is -2.56. The Morgan fingerprint density at radius 1 is 0.957 bits per heavy atom. The fourth-order valence-electron chi connectivity index (χ4n) is 9.48. The van der Waals surface area contributed by atoms with Crippen LogP contribution < -0.4 is 15.0 Å². The van der Waals surface area contributed by atoms with Gasteiger partial charge in [0.25, 0.3) is 0 Å². The van der Waals surface area contributed by atoms with Gasteiger partial charge in [-0.25, -0.2) is 0 Å². The highest BCUT2D eigenvalue weighted by atomic mass is 16.5. The van der Waals surface area contributed by atoms with Gasteiger partial charge >= 0.3 is 6.01 Å². The molecule has 5 aliphatic heterocycles. The molecular formula is C38H44N6O3. The Labute approximate surface area is 275 Å².